The third-order valence-electron chi connectivity index (χ3n) is 12.8. The molecular weight excluding hydrogens is 408 g/mol. The lowest BCUT2D eigenvalue weighted by Crippen LogP contribution is -2.66. The summed E-state index contributed by atoms with van der Waals surface area (Å²) < 4.78 is 0. The molecule has 1 N–H and O–H groups in total. The number of rotatable bonds is 5. The van der Waals surface area contributed by atoms with Gasteiger partial charge in [-0.3, -0.25) is 4.79 Å². The molecule has 0 radical (unpaired) electrons. The molecule has 0 bridgehead atoms. The number of aliphatic carboxylic acids is 1. The topological polar surface area (TPSA) is 54.4 Å². The first-order valence-electron chi connectivity index (χ1n) is 14.1. The van der Waals surface area contributed by atoms with Crippen LogP contribution in [-0.2, 0) is 9.59 Å². The van der Waals surface area contributed by atoms with E-state index in [4.69, 9.17) is 0 Å². The Morgan fingerprint density at radius 3 is 2.24 bits per heavy atom. The van der Waals surface area contributed by atoms with Gasteiger partial charge in [-0.05, 0) is 116 Å². The zero-order valence-corrected chi connectivity index (χ0v) is 22.5. The van der Waals surface area contributed by atoms with Gasteiger partial charge >= 0.3 is 5.97 Å². The zero-order valence-electron chi connectivity index (χ0n) is 22.5. The van der Waals surface area contributed by atoms with E-state index in [1.807, 2.05) is 0 Å². The summed E-state index contributed by atoms with van der Waals surface area (Å²) in [7, 11) is 0. The fraction of sp³-hybridized carbons (Fsp3) is 0.933. The number of hydrogen-bond acceptors (Lipinski definition) is 2. The Balaban J connectivity index is 1.76. The summed E-state index contributed by atoms with van der Waals surface area (Å²) in [4.78, 5) is 24.9. The van der Waals surface area contributed by atoms with Crippen molar-refractivity contribution < 1.29 is 14.7 Å². The van der Waals surface area contributed by atoms with Crippen LogP contribution in [0.4, 0.5) is 0 Å². The molecule has 0 heterocycles. The largest absolute Gasteiger partial charge is 0.481 e. The van der Waals surface area contributed by atoms with Gasteiger partial charge in [0.1, 0.15) is 5.78 Å². The first-order chi connectivity index (χ1) is 15.3. The van der Waals surface area contributed by atoms with Crippen LogP contribution in [0.3, 0.4) is 0 Å². The van der Waals surface area contributed by atoms with E-state index in [9.17, 15) is 14.7 Å². The summed E-state index contributed by atoms with van der Waals surface area (Å²) in [5.74, 6) is 3.02. The van der Waals surface area contributed by atoms with Crippen molar-refractivity contribution in [2.24, 2.45) is 57.2 Å². The molecular formula is C30H50O3. The highest BCUT2D eigenvalue weighted by molar-refractivity contribution is 5.76. The predicted molar refractivity (Wildman–Crippen MR) is 134 cm³/mol. The van der Waals surface area contributed by atoms with Gasteiger partial charge in [0, 0.05) is 6.42 Å². The first kappa shape index (κ1) is 25.2. The SMILES string of the molecule is CC(=O)CCC1(C)C(C)CCC2(C)C1CCC1C3C(C(C)C)CCCC3(C(=O)O)CC[C@]12C. The maximum Gasteiger partial charge on any atom is 0.309 e. The highest BCUT2D eigenvalue weighted by Crippen LogP contribution is 2.75. The van der Waals surface area contributed by atoms with E-state index >= 15 is 0 Å². The molecule has 4 aliphatic rings. The summed E-state index contributed by atoms with van der Waals surface area (Å²) in [6.07, 6.45) is 11.7. The van der Waals surface area contributed by atoms with Crippen LogP contribution in [0, 0.1) is 57.2 Å². The van der Waals surface area contributed by atoms with E-state index in [2.05, 4.69) is 41.5 Å². The molecule has 0 spiro atoms. The maximum absolute atomic E-state index is 12.9. The van der Waals surface area contributed by atoms with Crippen molar-refractivity contribution in [1.29, 1.82) is 0 Å². The molecule has 4 aliphatic carbocycles. The minimum Gasteiger partial charge on any atom is -0.481 e. The molecule has 33 heavy (non-hydrogen) atoms. The van der Waals surface area contributed by atoms with Crippen LogP contribution >= 0.6 is 0 Å². The van der Waals surface area contributed by atoms with E-state index in [1.165, 1.54) is 32.1 Å². The molecule has 0 aromatic carbocycles. The van der Waals surface area contributed by atoms with Crippen LogP contribution in [-0.4, -0.2) is 16.9 Å². The predicted octanol–water partition coefficient (Wildman–Crippen LogP) is 7.77. The molecule has 4 fully saturated rings. The summed E-state index contributed by atoms with van der Waals surface area (Å²) >= 11 is 0. The molecule has 0 aromatic rings. The van der Waals surface area contributed by atoms with Gasteiger partial charge < -0.3 is 9.90 Å². The number of ketones is 1. The van der Waals surface area contributed by atoms with E-state index in [0.717, 1.165) is 32.1 Å². The summed E-state index contributed by atoms with van der Waals surface area (Å²) in [5.41, 5.74) is 0.137. The Hall–Kier alpha value is -0.860. The van der Waals surface area contributed by atoms with Crippen molar-refractivity contribution in [1.82, 2.24) is 0 Å². The van der Waals surface area contributed by atoms with Crippen molar-refractivity contribution in [3.05, 3.63) is 0 Å². The number of hydrogen-bond donors (Lipinski definition) is 1. The van der Waals surface area contributed by atoms with Crippen LogP contribution in [0.25, 0.3) is 0 Å². The quantitative estimate of drug-likeness (QED) is 0.458. The van der Waals surface area contributed by atoms with E-state index in [-0.39, 0.29) is 16.2 Å². The molecule has 0 amide bonds. The number of carboxylic acids is 1. The Morgan fingerprint density at radius 2 is 1.64 bits per heavy atom. The monoisotopic (exact) mass is 458 g/mol. The Bertz CT molecular complexity index is 787. The van der Waals surface area contributed by atoms with Crippen LogP contribution < -0.4 is 0 Å². The van der Waals surface area contributed by atoms with Gasteiger partial charge in [0.2, 0.25) is 0 Å². The summed E-state index contributed by atoms with van der Waals surface area (Å²) in [6, 6.07) is 0. The second-order valence-electron chi connectivity index (χ2n) is 14.0. The molecule has 4 rings (SSSR count). The fourth-order valence-electron chi connectivity index (χ4n) is 10.4. The Labute approximate surface area is 202 Å². The molecule has 8 unspecified atom stereocenters. The fourth-order valence-corrected chi connectivity index (χ4v) is 10.4. The number of carbonyl (C=O) groups excluding carboxylic acids is 1. The van der Waals surface area contributed by atoms with Gasteiger partial charge in [-0.1, -0.05) is 48.0 Å². The number of carbonyl (C=O) groups is 2. The van der Waals surface area contributed by atoms with Crippen molar-refractivity contribution >= 4 is 11.8 Å². The van der Waals surface area contributed by atoms with E-state index < -0.39 is 11.4 Å². The van der Waals surface area contributed by atoms with Gasteiger partial charge in [0.25, 0.3) is 0 Å². The minimum atomic E-state index is -0.504. The van der Waals surface area contributed by atoms with E-state index in [1.54, 1.807) is 6.92 Å². The summed E-state index contributed by atoms with van der Waals surface area (Å²) in [6.45, 7) is 16.5. The molecule has 0 aliphatic heterocycles. The average molecular weight is 459 g/mol. The van der Waals surface area contributed by atoms with Gasteiger partial charge in [-0.15, -0.1) is 0 Å². The summed E-state index contributed by atoms with van der Waals surface area (Å²) in [5, 5.41) is 10.6. The van der Waals surface area contributed by atoms with Crippen LogP contribution in [0.15, 0.2) is 0 Å². The molecule has 188 valence electrons. The normalized spacial score (nSPS) is 49.6. The highest BCUT2D eigenvalue weighted by Gasteiger charge is 2.69. The zero-order chi connectivity index (χ0) is 24.4. The van der Waals surface area contributed by atoms with Crippen LogP contribution in [0.1, 0.15) is 119 Å². The van der Waals surface area contributed by atoms with Crippen molar-refractivity contribution in [2.75, 3.05) is 0 Å². The molecule has 4 saturated carbocycles. The molecule has 3 nitrogen and oxygen atoms in total. The average Bonchev–Trinajstić information content (AvgIpc) is 2.75. The van der Waals surface area contributed by atoms with Crippen LogP contribution in [0.5, 0.6) is 0 Å². The van der Waals surface area contributed by atoms with Gasteiger partial charge in [-0.25, -0.2) is 0 Å². The molecule has 9 atom stereocenters. The second kappa shape index (κ2) is 8.37. The standard InChI is InChI=1S/C30H50O3/c1-19(2)22-9-8-14-30(26(32)33)18-17-28(6)23(25(22)30)10-11-24-27(5,15-13-21(4)31)20(3)12-16-29(24,28)7/h19-20,22-25H,8-18H2,1-7H3,(H,32,33)/t20?,22?,23?,24?,25?,27?,28-,29?,30?/m1/s1. The van der Waals surface area contributed by atoms with Crippen LogP contribution in [0.2, 0.25) is 0 Å². The van der Waals surface area contributed by atoms with Crippen molar-refractivity contribution in [3.8, 4) is 0 Å². The van der Waals surface area contributed by atoms with E-state index in [0.29, 0.717) is 47.7 Å². The smallest absolute Gasteiger partial charge is 0.309 e. The van der Waals surface area contributed by atoms with Crippen molar-refractivity contribution in [3.63, 3.8) is 0 Å². The molecule has 0 aromatic heterocycles. The van der Waals surface area contributed by atoms with Crippen molar-refractivity contribution in [2.45, 2.75) is 119 Å². The Morgan fingerprint density at radius 1 is 0.939 bits per heavy atom. The van der Waals surface area contributed by atoms with Gasteiger partial charge in [0.15, 0.2) is 0 Å². The molecule has 3 heteroatoms. The second-order valence-corrected chi connectivity index (χ2v) is 14.0. The minimum absolute atomic E-state index is 0.196. The lowest BCUT2D eigenvalue weighted by molar-refractivity contribution is -0.237. The first-order valence-corrected chi connectivity index (χ1v) is 14.1. The number of fused-ring (bicyclic) bond motifs is 5. The molecule has 0 saturated heterocycles. The maximum atomic E-state index is 12.9. The lowest BCUT2D eigenvalue weighted by Gasteiger charge is -2.71. The Kier molecular flexibility index (Phi) is 6.40. The van der Waals surface area contributed by atoms with Gasteiger partial charge in [-0.2, -0.15) is 0 Å². The number of carboxylic acid groups (broad SMARTS) is 1. The third-order valence-corrected chi connectivity index (χ3v) is 12.8. The lowest BCUT2D eigenvalue weighted by atomic mass is 9.32. The third kappa shape index (κ3) is 3.48. The highest BCUT2D eigenvalue weighted by atomic mass is 16.4. The number of Topliss-reactive ketones (excluding diaryl/α,β-unsaturated/α-hetero) is 1. The van der Waals surface area contributed by atoms with Gasteiger partial charge in [0.05, 0.1) is 5.41 Å².